The normalized spacial score (nSPS) is 33.2. The summed E-state index contributed by atoms with van der Waals surface area (Å²) >= 11 is 0. The highest BCUT2D eigenvalue weighted by Crippen LogP contribution is 2.65. The summed E-state index contributed by atoms with van der Waals surface area (Å²) in [5.74, 6) is 0. The second-order valence-electron chi connectivity index (χ2n) is 5.63. The zero-order chi connectivity index (χ0) is 9.69. The van der Waals surface area contributed by atoms with Crippen LogP contribution in [0.15, 0.2) is 0 Å². The minimum absolute atomic E-state index is 0.518. The van der Waals surface area contributed by atoms with Gasteiger partial charge in [-0.05, 0) is 10.8 Å². The summed E-state index contributed by atoms with van der Waals surface area (Å²) < 4.78 is 0. The van der Waals surface area contributed by atoms with E-state index in [1.807, 2.05) is 0 Å². The smallest absolute Gasteiger partial charge is 0.0210 e. The summed E-state index contributed by atoms with van der Waals surface area (Å²) in [7, 11) is 0. The van der Waals surface area contributed by atoms with Crippen LogP contribution < -0.4 is 5.32 Å². The molecule has 0 amide bonds. The van der Waals surface area contributed by atoms with Gasteiger partial charge in [-0.2, -0.15) is 0 Å². The standard InChI is InChI=1S/C11H22N2/c1-10(2)9(11(10,3)4)13-7-5-12-6-8-13/h9,12H,5-8H2,1-4H3. The molecular formula is C11H22N2. The molecule has 0 atom stereocenters. The molecule has 1 saturated carbocycles. The maximum Gasteiger partial charge on any atom is 0.0210 e. The van der Waals surface area contributed by atoms with Crippen molar-refractivity contribution in [3.8, 4) is 0 Å². The van der Waals surface area contributed by atoms with Gasteiger partial charge in [-0.15, -0.1) is 0 Å². The van der Waals surface area contributed by atoms with Gasteiger partial charge in [-0.1, -0.05) is 27.7 Å². The Hall–Kier alpha value is -0.0800. The van der Waals surface area contributed by atoms with Crippen LogP contribution in [-0.4, -0.2) is 37.1 Å². The number of rotatable bonds is 1. The lowest BCUT2D eigenvalue weighted by Gasteiger charge is -2.29. The minimum atomic E-state index is 0.518. The zero-order valence-electron chi connectivity index (χ0n) is 9.35. The lowest BCUT2D eigenvalue weighted by atomic mass is 10.0. The lowest BCUT2D eigenvalue weighted by Crippen LogP contribution is -2.46. The van der Waals surface area contributed by atoms with E-state index in [4.69, 9.17) is 0 Å². The predicted octanol–water partition coefficient (Wildman–Crippen LogP) is 1.33. The molecule has 0 spiro atoms. The molecule has 1 saturated heterocycles. The molecule has 1 aliphatic carbocycles. The van der Waals surface area contributed by atoms with Crippen LogP contribution in [0.25, 0.3) is 0 Å². The Balaban J connectivity index is 2.03. The fourth-order valence-corrected chi connectivity index (χ4v) is 3.01. The van der Waals surface area contributed by atoms with E-state index < -0.39 is 0 Å². The van der Waals surface area contributed by atoms with Crippen molar-refractivity contribution < 1.29 is 0 Å². The van der Waals surface area contributed by atoms with Gasteiger partial charge in [0.05, 0.1) is 0 Å². The van der Waals surface area contributed by atoms with Crippen LogP contribution in [0.2, 0.25) is 0 Å². The number of nitrogens with one attached hydrogen (secondary N) is 1. The summed E-state index contributed by atoms with van der Waals surface area (Å²) in [6.07, 6.45) is 0. The van der Waals surface area contributed by atoms with Crippen molar-refractivity contribution >= 4 is 0 Å². The molecule has 0 unspecified atom stereocenters. The molecule has 0 radical (unpaired) electrons. The van der Waals surface area contributed by atoms with Crippen LogP contribution >= 0.6 is 0 Å². The molecule has 0 aromatic heterocycles. The molecular weight excluding hydrogens is 160 g/mol. The van der Waals surface area contributed by atoms with Gasteiger partial charge >= 0.3 is 0 Å². The van der Waals surface area contributed by atoms with Gasteiger partial charge in [0.1, 0.15) is 0 Å². The van der Waals surface area contributed by atoms with Crippen LogP contribution in [-0.2, 0) is 0 Å². The Morgan fingerprint density at radius 3 is 1.85 bits per heavy atom. The molecule has 2 fully saturated rings. The molecule has 1 heterocycles. The summed E-state index contributed by atoms with van der Waals surface area (Å²) in [4.78, 5) is 2.66. The highest BCUT2D eigenvalue weighted by molar-refractivity contribution is 5.18. The Morgan fingerprint density at radius 2 is 1.46 bits per heavy atom. The monoisotopic (exact) mass is 182 g/mol. The van der Waals surface area contributed by atoms with E-state index in [1.165, 1.54) is 26.2 Å². The molecule has 0 aromatic rings. The largest absolute Gasteiger partial charge is 0.314 e. The lowest BCUT2D eigenvalue weighted by molar-refractivity contribution is 0.199. The van der Waals surface area contributed by atoms with Crippen molar-refractivity contribution in [3.05, 3.63) is 0 Å². The van der Waals surface area contributed by atoms with E-state index >= 15 is 0 Å². The maximum absolute atomic E-state index is 3.41. The van der Waals surface area contributed by atoms with Crippen LogP contribution in [0.4, 0.5) is 0 Å². The topological polar surface area (TPSA) is 15.3 Å². The first-order valence-corrected chi connectivity index (χ1v) is 5.43. The first-order valence-electron chi connectivity index (χ1n) is 5.43. The second kappa shape index (κ2) is 2.71. The SMILES string of the molecule is CC1(C)C(N2CCNCC2)C1(C)C. The highest BCUT2D eigenvalue weighted by atomic mass is 15.3. The van der Waals surface area contributed by atoms with E-state index in [0.29, 0.717) is 10.8 Å². The van der Waals surface area contributed by atoms with Gasteiger partial charge in [0.25, 0.3) is 0 Å². The molecule has 76 valence electrons. The molecule has 2 rings (SSSR count). The van der Waals surface area contributed by atoms with Gasteiger partial charge in [-0.25, -0.2) is 0 Å². The van der Waals surface area contributed by atoms with Crippen LogP contribution in [0.3, 0.4) is 0 Å². The molecule has 13 heavy (non-hydrogen) atoms. The average molecular weight is 182 g/mol. The first kappa shape index (κ1) is 9.47. The Kier molecular flexibility index (Phi) is 1.97. The van der Waals surface area contributed by atoms with Crippen molar-refractivity contribution in [1.82, 2.24) is 10.2 Å². The molecule has 2 heteroatoms. The molecule has 2 nitrogen and oxygen atoms in total. The van der Waals surface area contributed by atoms with E-state index in [-0.39, 0.29) is 0 Å². The molecule has 2 aliphatic rings. The molecule has 0 aromatic carbocycles. The fourth-order valence-electron chi connectivity index (χ4n) is 3.01. The maximum atomic E-state index is 3.41. The van der Waals surface area contributed by atoms with Crippen LogP contribution in [0.1, 0.15) is 27.7 Å². The van der Waals surface area contributed by atoms with Crippen molar-refractivity contribution in [1.29, 1.82) is 0 Å². The van der Waals surface area contributed by atoms with E-state index in [2.05, 4.69) is 37.9 Å². The van der Waals surface area contributed by atoms with Crippen molar-refractivity contribution in [2.75, 3.05) is 26.2 Å². The van der Waals surface area contributed by atoms with Crippen molar-refractivity contribution in [2.24, 2.45) is 10.8 Å². The Morgan fingerprint density at radius 1 is 1.00 bits per heavy atom. The third-order valence-corrected chi connectivity index (χ3v) is 4.46. The third-order valence-electron chi connectivity index (χ3n) is 4.46. The van der Waals surface area contributed by atoms with Crippen molar-refractivity contribution in [3.63, 3.8) is 0 Å². The quantitative estimate of drug-likeness (QED) is 0.658. The van der Waals surface area contributed by atoms with Crippen molar-refractivity contribution in [2.45, 2.75) is 33.7 Å². The third kappa shape index (κ3) is 1.23. The highest BCUT2D eigenvalue weighted by Gasteiger charge is 2.66. The summed E-state index contributed by atoms with van der Waals surface area (Å²) in [5.41, 5.74) is 1.04. The number of nitrogens with zero attached hydrogens (tertiary/aromatic N) is 1. The molecule has 0 bridgehead atoms. The second-order valence-corrected chi connectivity index (χ2v) is 5.63. The average Bonchev–Trinajstić information content (AvgIpc) is 2.44. The van der Waals surface area contributed by atoms with Gasteiger partial charge < -0.3 is 5.32 Å². The van der Waals surface area contributed by atoms with Crippen LogP contribution in [0.5, 0.6) is 0 Å². The fraction of sp³-hybridized carbons (Fsp3) is 1.00. The predicted molar refractivity (Wildman–Crippen MR) is 55.8 cm³/mol. The van der Waals surface area contributed by atoms with Gasteiger partial charge in [-0.3, -0.25) is 4.90 Å². The van der Waals surface area contributed by atoms with E-state index in [1.54, 1.807) is 0 Å². The first-order chi connectivity index (χ1) is 5.98. The Labute approximate surface area is 81.7 Å². The Bertz CT molecular complexity index is 188. The van der Waals surface area contributed by atoms with Gasteiger partial charge in [0, 0.05) is 32.2 Å². The van der Waals surface area contributed by atoms with E-state index in [0.717, 1.165) is 6.04 Å². The van der Waals surface area contributed by atoms with Crippen LogP contribution in [0, 0.1) is 10.8 Å². The van der Waals surface area contributed by atoms with E-state index in [9.17, 15) is 0 Å². The number of piperazine rings is 1. The van der Waals surface area contributed by atoms with Gasteiger partial charge in [0.2, 0.25) is 0 Å². The zero-order valence-corrected chi connectivity index (χ0v) is 9.35. The number of hydrogen-bond donors (Lipinski definition) is 1. The molecule has 1 aliphatic heterocycles. The summed E-state index contributed by atoms with van der Waals surface area (Å²) in [6, 6.07) is 0.807. The molecule has 1 N–H and O–H groups in total. The van der Waals surface area contributed by atoms with Gasteiger partial charge in [0.15, 0.2) is 0 Å². The summed E-state index contributed by atoms with van der Waals surface area (Å²) in [5, 5.41) is 3.41. The minimum Gasteiger partial charge on any atom is -0.314 e. The number of hydrogen-bond acceptors (Lipinski definition) is 2. The summed E-state index contributed by atoms with van der Waals surface area (Å²) in [6.45, 7) is 14.4.